The highest BCUT2D eigenvalue weighted by Crippen LogP contribution is 2.39. The number of allylic oxidation sites excluding steroid dienone is 2. The van der Waals surface area contributed by atoms with E-state index >= 15 is 0 Å². The number of carbonyl (C=O) groups is 1. The van der Waals surface area contributed by atoms with E-state index in [4.69, 9.17) is 15.2 Å². The molecule has 0 bridgehead atoms. The van der Waals surface area contributed by atoms with Gasteiger partial charge in [-0.15, -0.1) is 0 Å². The Morgan fingerprint density at radius 1 is 1.50 bits per heavy atom. The van der Waals surface area contributed by atoms with Gasteiger partial charge in [-0.25, -0.2) is 4.79 Å². The zero-order chi connectivity index (χ0) is 16.1. The van der Waals surface area contributed by atoms with E-state index in [0.717, 1.165) is 5.56 Å². The van der Waals surface area contributed by atoms with Gasteiger partial charge in [0.1, 0.15) is 24.0 Å². The molecule has 112 valence electrons. The van der Waals surface area contributed by atoms with Crippen LogP contribution in [0.5, 0.6) is 0 Å². The maximum Gasteiger partial charge on any atom is 0.338 e. The fourth-order valence-electron chi connectivity index (χ4n) is 2.34. The minimum atomic E-state index is -0.600. The molecule has 1 heterocycles. The summed E-state index contributed by atoms with van der Waals surface area (Å²) in [6.45, 7) is 5.22. The first-order valence-corrected chi connectivity index (χ1v) is 6.71. The van der Waals surface area contributed by atoms with Crippen LogP contribution in [0.1, 0.15) is 18.4 Å². The molecule has 1 aromatic rings. The first-order valence-electron chi connectivity index (χ1n) is 6.71. The van der Waals surface area contributed by atoms with Crippen molar-refractivity contribution in [2.75, 3.05) is 6.61 Å². The van der Waals surface area contributed by atoms with Crippen molar-refractivity contribution >= 4 is 5.97 Å². The lowest BCUT2D eigenvalue weighted by molar-refractivity contribution is -0.138. The second kappa shape index (κ2) is 6.64. The van der Waals surface area contributed by atoms with Gasteiger partial charge in [0.25, 0.3) is 0 Å². The summed E-state index contributed by atoms with van der Waals surface area (Å²) in [5, 5.41) is 9.40. The van der Waals surface area contributed by atoms with Gasteiger partial charge in [0.15, 0.2) is 0 Å². The third-order valence-corrected chi connectivity index (χ3v) is 3.29. The van der Waals surface area contributed by atoms with E-state index in [1.807, 2.05) is 36.4 Å². The van der Waals surface area contributed by atoms with Crippen molar-refractivity contribution in [3.8, 4) is 6.07 Å². The molecule has 2 N–H and O–H groups in total. The Labute approximate surface area is 128 Å². The number of rotatable bonds is 4. The molecular weight excluding hydrogens is 280 g/mol. The molecule has 0 saturated heterocycles. The van der Waals surface area contributed by atoms with E-state index in [9.17, 15) is 10.1 Å². The van der Waals surface area contributed by atoms with E-state index < -0.39 is 11.9 Å². The fraction of sp³-hybridized carbons (Fsp3) is 0.176. The van der Waals surface area contributed by atoms with E-state index in [0.29, 0.717) is 5.76 Å². The number of ether oxygens (including phenoxy) is 2. The predicted molar refractivity (Wildman–Crippen MR) is 81.0 cm³/mol. The van der Waals surface area contributed by atoms with Crippen LogP contribution in [0.2, 0.25) is 0 Å². The average molecular weight is 296 g/mol. The van der Waals surface area contributed by atoms with Gasteiger partial charge >= 0.3 is 5.97 Å². The van der Waals surface area contributed by atoms with Crippen LogP contribution in [0.4, 0.5) is 0 Å². The van der Waals surface area contributed by atoms with Gasteiger partial charge in [-0.05, 0) is 12.5 Å². The Balaban J connectivity index is 2.53. The quantitative estimate of drug-likeness (QED) is 0.681. The summed E-state index contributed by atoms with van der Waals surface area (Å²) in [4.78, 5) is 12.3. The van der Waals surface area contributed by atoms with Crippen LogP contribution < -0.4 is 5.73 Å². The van der Waals surface area contributed by atoms with Crippen LogP contribution in [0.3, 0.4) is 0 Å². The standard InChI is InChI=1S/C17H16N2O3/c1-3-9-21-17(20)14-11(2)22-16(19)13(10-18)15(14)12-7-5-4-6-8-12/h3-8,15H,1,9,19H2,2H3/t15-/m1/s1. The van der Waals surface area contributed by atoms with Crippen LogP contribution in [0.25, 0.3) is 0 Å². The molecule has 0 saturated carbocycles. The molecule has 1 aliphatic heterocycles. The Kier molecular flexibility index (Phi) is 4.64. The molecule has 5 heteroatoms. The number of benzene rings is 1. The lowest BCUT2D eigenvalue weighted by atomic mass is 9.83. The van der Waals surface area contributed by atoms with Crippen LogP contribution in [0, 0.1) is 11.3 Å². The van der Waals surface area contributed by atoms with Gasteiger partial charge in [0.05, 0.1) is 11.5 Å². The highest BCUT2D eigenvalue weighted by atomic mass is 16.5. The zero-order valence-electron chi connectivity index (χ0n) is 12.2. The van der Waals surface area contributed by atoms with Crippen molar-refractivity contribution in [1.29, 1.82) is 5.26 Å². The van der Waals surface area contributed by atoms with Crippen LogP contribution in [0.15, 0.2) is 65.8 Å². The van der Waals surface area contributed by atoms with Crippen LogP contribution in [-0.4, -0.2) is 12.6 Å². The molecule has 0 amide bonds. The van der Waals surface area contributed by atoms with Gasteiger partial charge in [0.2, 0.25) is 5.88 Å². The largest absolute Gasteiger partial charge is 0.458 e. The highest BCUT2D eigenvalue weighted by molar-refractivity contribution is 5.92. The van der Waals surface area contributed by atoms with Crippen LogP contribution in [-0.2, 0) is 14.3 Å². The number of hydrogen-bond acceptors (Lipinski definition) is 5. The van der Waals surface area contributed by atoms with Crippen molar-refractivity contribution in [3.63, 3.8) is 0 Å². The highest BCUT2D eigenvalue weighted by Gasteiger charge is 2.36. The molecule has 0 fully saturated rings. The molecule has 1 aromatic carbocycles. The number of nitrogens with two attached hydrogens (primary N) is 1. The SMILES string of the molecule is C=CCOC(=O)C1=C(C)OC(N)=C(C#N)[C@H]1c1ccccc1. The number of nitrogens with zero attached hydrogens (tertiary/aromatic N) is 1. The normalized spacial score (nSPS) is 17.5. The molecule has 22 heavy (non-hydrogen) atoms. The first kappa shape index (κ1) is 15.4. The minimum absolute atomic E-state index is 0.00845. The maximum atomic E-state index is 12.3. The Hall–Kier alpha value is -3.00. The second-order valence-electron chi connectivity index (χ2n) is 4.69. The molecule has 0 aliphatic carbocycles. The first-order chi connectivity index (χ1) is 10.6. The Bertz CT molecular complexity index is 696. The number of esters is 1. The van der Waals surface area contributed by atoms with Gasteiger partial charge in [-0.3, -0.25) is 0 Å². The van der Waals surface area contributed by atoms with E-state index in [2.05, 4.69) is 6.58 Å². The van der Waals surface area contributed by atoms with Gasteiger partial charge in [0, 0.05) is 0 Å². The molecule has 0 spiro atoms. The number of carbonyl (C=O) groups excluding carboxylic acids is 1. The molecule has 1 atom stereocenters. The molecule has 5 nitrogen and oxygen atoms in total. The average Bonchev–Trinajstić information content (AvgIpc) is 2.52. The third kappa shape index (κ3) is 2.86. The van der Waals surface area contributed by atoms with Crippen molar-refractivity contribution in [2.24, 2.45) is 5.73 Å². The summed E-state index contributed by atoms with van der Waals surface area (Å²) in [5.41, 5.74) is 7.05. The lowest BCUT2D eigenvalue weighted by Gasteiger charge is -2.26. The fourth-order valence-corrected chi connectivity index (χ4v) is 2.34. The summed E-state index contributed by atoms with van der Waals surface area (Å²) in [7, 11) is 0. The van der Waals surface area contributed by atoms with Crippen molar-refractivity contribution in [3.05, 3.63) is 71.3 Å². The maximum absolute atomic E-state index is 12.3. The predicted octanol–water partition coefficient (Wildman–Crippen LogP) is 2.50. The van der Waals surface area contributed by atoms with Gasteiger partial charge in [-0.1, -0.05) is 43.0 Å². The summed E-state index contributed by atoms with van der Waals surface area (Å²) in [6, 6.07) is 11.2. The molecule has 2 rings (SSSR count). The van der Waals surface area contributed by atoms with Crippen molar-refractivity contribution in [1.82, 2.24) is 0 Å². The Morgan fingerprint density at radius 2 is 2.18 bits per heavy atom. The molecule has 0 aromatic heterocycles. The van der Waals surface area contributed by atoms with E-state index in [1.165, 1.54) is 6.08 Å². The van der Waals surface area contributed by atoms with Gasteiger partial charge in [-0.2, -0.15) is 5.26 Å². The summed E-state index contributed by atoms with van der Waals surface area (Å²) in [5.74, 6) is -0.808. The molecular formula is C17H16N2O3. The summed E-state index contributed by atoms with van der Waals surface area (Å²) < 4.78 is 10.5. The molecule has 0 radical (unpaired) electrons. The summed E-state index contributed by atoms with van der Waals surface area (Å²) in [6.07, 6.45) is 1.48. The molecule has 1 aliphatic rings. The number of nitriles is 1. The third-order valence-electron chi connectivity index (χ3n) is 3.29. The zero-order valence-corrected chi connectivity index (χ0v) is 12.2. The van der Waals surface area contributed by atoms with Gasteiger partial charge < -0.3 is 15.2 Å². The number of hydrogen-bond donors (Lipinski definition) is 1. The molecule has 0 unspecified atom stereocenters. The monoisotopic (exact) mass is 296 g/mol. The second-order valence-corrected chi connectivity index (χ2v) is 4.69. The lowest BCUT2D eigenvalue weighted by Crippen LogP contribution is -2.25. The topological polar surface area (TPSA) is 85.3 Å². The minimum Gasteiger partial charge on any atom is -0.458 e. The summed E-state index contributed by atoms with van der Waals surface area (Å²) >= 11 is 0. The van der Waals surface area contributed by atoms with Crippen molar-refractivity contribution in [2.45, 2.75) is 12.8 Å². The van der Waals surface area contributed by atoms with Crippen LogP contribution >= 0.6 is 0 Å². The van der Waals surface area contributed by atoms with E-state index in [1.54, 1.807) is 6.92 Å². The smallest absolute Gasteiger partial charge is 0.338 e. The van der Waals surface area contributed by atoms with Crippen molar-refractivity contribution < 1.29 is 14.3 Å². The Morgan fingerprint density at radius 3 is 2.77 bits per heavy atom. The van der Waals surface area contributed by atoms with E-state index in [-0.39, 0.29) is 23.6 Å².